The van der Waals surface area contributed by atoms with Gasteiger partial charge in [-0.25, -0.2) is 9.59 Å². The molecule has 45 heavy (non-hydrogen) atoms. The van der Waals surface area contributed by atoms with Crippen LogP contribution in [-0.4, -0.2) is 80.7 Å². The van der Waals surface area contributed by atoms with Crippen LogP contribution >= 0.6 is 0 Å². The number of nitrogens with one attached hydrogen (secondary N) is 2. The average molecular weight is 648 g/mol. The van der Waals surface area contributed by atoms with E-state index in [0.29, 0.717) is 24.7 Å². The molecule has 1 aliphatic heterocycles. The van der Waals surface area contributed by atoms with Crippen molar-refractivity contribution in [2.24, 2.45) is 23.2 Å². The number of esters is 1. The number of methoxy groups -OCH3 is 1. The molecule has 0 spiro atoms. The van der Waals surface area contributed by atoms with Crippen LogP contribution in [0.3, 0.4) is 0 Å². The molecule has 4 fully saturated rings. The molecule has 0 radical (unpaired) electrons. The lowest BCUT2D eigenvalue weighted by atomic mass is 9.85. The molecular weight excluding hydrogens is 602 g/mol. The Morgan fingerprint density at radius 1 is 1.02 bits per heavy atom. The predicted octanol–water partition coefficient (Wildman–Crippen LogP) is 3.07. The number of carbonyl (C=O) groups excluding carboxylic acids is 4. The van der Waals surface area contributed by atoms with Crippen LogP contribution in [0.25, 0.3) is 0 Å². The molecule has 12 nitrogen and oxygen atoms in total. The van der Waals surface area contributed by atoms with Gasteiger partial charge in [-0.15, -0.1) is 0 Å². The molecule has 8 atom stereocenters. The van der Waals surface area contributed by atoms with Crippen molar-refractivity contribution in [2.75, 3.05) is 13.7 Å². The zero-order chi connectivity index (χ0) is 32.9. The number of aryl methyl sites for hydroxylation is 1. The van der Waals surface area contributed by atoms with Gasteiger partial charge in [-0.05, 0) is 67.9 Å². The predicted molar refractivity (Wildman–Crippen MR) is 162 cm³/mol. The van der Waals surface area contributed by atoms with Gasteiger partial charge in [0, 0.05) is 13.0 Å². The molecule has 13 heteroatoms. The lowest BCUT2D eigenvalue weighted by molar-refractivity contribution is -0.148. The van der Waals surface area contributed by atoms with Gasteiger partial charge in [0.1, 0.15) is 23.7 Å². The summed E-state index contributed by atoms with van der Waals surface area (Å²) in [5.74, 6) is -0.700. The lowest BCUT2D eigenvalue weighted by Gasteiger charge is -2.35. The summed E-state index contributed by atoms with van der Waals surface area (Å²) in [7, 11) is -2.98. The second-order valence-electron chi connectivity index (χ2n) is 14.2. The topological polar surface area (TPSA) is 157 Å². The fraction of sp³-hybridized carbons (Fsp3) is 0.688. The lowest BCUT2D eigenvalue weighted by Crippen LogP contribution is -2.59. The highest BCUT2D eigenvalue weighted by Crippen LogP contribution is 2.52. The van der Waals surface area contributed by atoms with Gasteiger partial charge in [-0.1, -0.05) is 51.8 Å². The van der Waals surface area contributed by atoms with Crippen molar-refractivity contribution in [1.82, 2.24) is 15.5 Å². The monoisotopic (exact) mass is 647 g/mol. The van der Waals surface area contributed by atoms with E-state index in [4.69, 9.17) is 13.7 Å². The first-order chi connectivity index (χ1) is 21.1. The summed E-state index contributed by atoms with van der Waals surface area (Å²) in [6.45, 7) is 8.86. The highest BCUT2D eigenvalue weighted by molar-refractivity contribution is 7.86. The Balaban J connectivity index is 1.37. The molecule has 1 saturated heterocycles. The molecule has 4 aliphatic rings. The molecule has 2 N–H and O–H groups in total. The van der Waals surface area contributed by atoms with Gasteiger partial charge in [-0.3, -0.25) is 13.8 Å². The quantitative estimate of drug-likeness (QED) is 0.288. The first-order valence-corrected chi connectivity index (χ1v) is 17.2. The Kier molecular flexibility index (Phi) is 9.00. The fourth-order valence-electron chi connectivity index (χ4n) is 6.93. The van der Waals surface area contributed by atoms with Gasteiger partial charge in [-0.2, -0.15) is 8.42 Å². The summed E-state index contributed by atoms with van der Waals surface area (Å²) in [5, 5.41) is 5.55. The third-order valence-electron chi connectivity index (χ3n) is 9.76. The van der Waals surface area contributed by atoms with Crippen molar-refractivity contribution in [3.63, 3.8) is 0 Å². The van der Waals surface area contributed by atoms with Gasteiger partial charge < -0.3 is 25.0 Å². The van der Waals surface area contributed by atoms with Crippen LogP contribution in [0.15, 0.2) is 29.2 Å². The van der Waals surface area contributed by atoms with E-state index >= 15 is 0 Å². The summed E-state index contributed by atoms with van der Waals surface area (Å²) in [6, 6.07) is 3.91. The molecule has 1 heterocycles. The number of fused-ring (bicyclic) bond motifs is 1. The zero-order valence-electron chi connectivity index (χ0n) is 26.8. The summed E-state index contributed by atoms with van der Waals surface area (Å²) >= 11 is 0. The zero-order valence-corrected chi connectivity index (χ0v) is 27.6. The Hall–Kier alpha value is -3.19. The maximum Gasteiger partial charge on any atom is 0.408 e. The fourth-order valence-corrected chi connectivity index (χ4v) is 8.01. The van der Waals surface area contributed by atoms with E-state index in [0.717, 1.165) is 18.4 Å². The average Bonchev–Trinajstić information content (AvgIpc) is 3.78. The number of carbonyl (C=O) groups is 4. The van der Waals surface area contributed by atoms with Crippen LogP contribution in [0.2, 0.25) is 0 Å². The molecule has 3 amide bonds. The smallest absolute Gasteiger partial charge is 0.408 e. The number of alkyl carbamates (subject to hydrolysis) is 1. The van der Waals surface area contributed by atoms with E-state index in [1.165, 1.54) is 30.6 Å². The third-order valence-corrected chi connectivity index (χ3v) is 11.1. The minimum absolute atomic E-state index is 0.0474. The third kappa shape index (κ3) is 6.98. The molecular formula is C32H45N3O9S. The van der Waals surface area contributed by atoms with Crippen LogP contribution in [-0.2, 0) is 38.2 Å². The molecule has 1 aromatic carbocycles. The number of hydrogen-bond acceptors (Lipinski definition) is 9. The molecule has 0 bridgehead atoms. The summed E-state index contributed by atoms with van der Waals surface area (Å²) < 4.78 is 42.6. The van der Waals surface area contributed by atoms with Crippen LogP contribution in [0.1, 0.15) is 71.8 Å². The van der Waals surface area contributed by atoms with E-state index in [1.807, 2.05) is 13.8 Å². The number of ether oxygens (including phenoxy) is 2. The van der Waals surface area contributed by atoms with E-state index in [-0.39, 0.29) is 29.9 Å². The Morgan fingerprint density at radius 3 is 2.22 bits per heavy atom. The Morgan fingerprint density at radius 2 is 1.67 bits per heavy atom. The molecule has 1 unspecified atom stereocenters. The summed E-state index contributed by atoms with van der Waals surface area (Å²) in [4.78, 5) is 55.0. The summed E-state index contributed by atoms with van der Waals surface area (Å²) in [5.41, 5.74) is -1.13. The second-order valence-corrected chi connectivity index (χ2v) is 15.8. The maximum absolute atomic E-state index is 14.2. The molecule has 3 aliphatic carbocycles. The maximum atomic E-state index is 14.2. The van der Waals surface area contributed by atoms with Gasteiger partial charge in [0.15, 0.2) is 0 Å². The second kappa shape index (κ2) is 12.2. The molecule has 5 rings (SSSR count). The SMILES string of the molecule is CC[C@@H]1C[C@]1(NC(=O)[C@@H]1C[C@H](OS(=O)(=O)c2ccc(C)cc2)CN1C(=O)[C@@H](NC(=O)OC1C[C@@H]2C[C@@H]2C1)C(C)(C)C)C(=O)OC. The number of benzene rings is 1. The van der Waals surface area contributed by atoms with Crippen LogP contribution in [0.4, 0.5) is 4.79 Å². The van der Waals surface area contributed by atoms with Crippen molar-refractivity contribution < 1.29 is 41.3 Å². The van der Waals surface area contributed by atoms with Crippen molar-refractivity contribution in [3.8, 4) is 0 Å². The van der Waals surface area contributed by atoms with Gasteiger partial charge in [0.05, 0.1) is 18.1 Å². The molecule has 3 saturated carbocycles. The van der Waals surface area contributed by atoms with E-state index in [1.54, 1.807) is 32.9 Å². The number of amides is 3. The standard InChI is InChI=1S/C32H45N3O9S/c1-7-21-16-32(21,29(38)42-6)34-27(36)25-15-23(44-45(40,41)24-10-8-18(2)9-11-24)17-35(25)28(37)26(31(3,4)5)33-30(39)43-22-13-19-12-20(19)14-22/h8-11,19-23,25-26H,7,12-17H2,1-6H3,(H,33,39)(H,34,36)/t19-,20+,21-,22?,23+,25+,26-,32-/m1/s1. The van der Waals surface area contributed by atoms with Crippen molar-refractivity contribution in [3.05, 3.63) is 29.8 Å². The molecule has 248 valence electrons. The van der Waals surface area contributed by atoms with Gasteiger partial charge in [0.2, 0.25) is 11.8 Å². The Labute approximate surface area is 265 Å². The van der Waals surface area contributed by atoms with E-state index in [9.17, 15) is 27.6 Å². The van der Waals surface area contributed by atoms with Crippen LogP contribution in [0, 0.1) is 30.1 Å². The number of nitrogens with zero attached hydrogens (tertiary/aromatic N) is 1. The number of likely N-dealkylation sites (tertiary alicyclic amines) is 1. The van der Waals surface area contributed by atoms with E-state index < -0.39 is 63.1 Å². The Bertz CT molecular complexity index is 1430. The minimum atomic E-state index is -4.23. The van der Waals surface area contributed by atoms with Crippen LogP contribution < -0.4 is 10.6 Å². The van der Waals surface area contributed by atoms with Gasteiger partial charge >= 0.3 is 12.1 Å². The largest absolute Gasteiger partial charge is 0.467 e. The van der Waals surface area contributed by atoms with Gasteiger partial charge in [0.25, 0.3) is 10.1 Å². The first kappa shape index (κ1) is 33.2. The van der Waals surface area contributed by atoms with Crippen molar-refractivity contribution in [2.45, 2.75) is 108 Å². The summed E-state index contributed by atoms with van der Waals surface area (Å²) in [6.07, 6.45) is 1.73. The first-order valence-electron chi connectivity index (χ1n) is 15.8. The number of hydrogen-bond donors (Lipinski definition) is 2. The minimum Gasteiger partial charge on any atom is -0.467 e. The number of rotatable bonds is 10. The van der Waals surface area contributed by atoms with Crippen LogP contribution in [0.5, 0.6) is 0 Å². The normalized spacial score (nSPS) is 31.0. The molecule has 0 aromatic heterocycles. The highest BCUT2D eigenvalue weighted by atomic mass is 32.2. The highest BCUT2D eigenvalue weighted by Gasteiger charge is 2.62. The van der Waals surface area contributed by atoms with E-state index in [2.05, 4.69) is 10.6 Å². The molecule has 1 aromatic rings. The van der Waals surface area contributed by atoms with Crippen molar-refractivity contribution >= 4 is 34.0 Å². The van der Waals surface area contributed by atoms with Crippen molar-refractivity contribution in [1.29, 1.82) is 0 Å².